The van der Waals surface area contributed by atoms with Gasteiger partial charge in [0.05, 0.1) is 0 Å². The lowest BCUT2D eigenvalue weighted by Gasteiger charge is -2.35. The van der Waals surface area contributed by atoms with Crippen molar-refractivity contribution in [1.29, 1.82) is 0 Å². The average Bonchev–Trinajstić information content (AvgIpc) is 2.67. The van der Waals surface area contributed by atoms with Crippen LogP contribution in [0.25, 0.3) is 0 Å². The molecule has 1 fully saturated rings. The molecular formula is C25H39FN2O3. The molecule has 1 N–H and O–H groups in total. The van der Waals surface area contributed by atoms with Crippen molar-refractivity contribution in [2.45, 2.75) is 84.8 Å². The van der Waals surface area contributed by atoms with Crippen molar-refractivity contribution in [3.63, 3.8) is 0 Å². The van der Waals surface area contributed by atoms with E-state index in [1.807, 2.05) is 20.8 Å². The number of carbonyl (C=O) groups excluding carboxylic acids is 2. The lowest BCUT2D eigenvalue weighted by molar-refractivity contribution is 0.0178. The van der Waals surface area contributed by atoms with Crippen molar-refractivity contribution in [3.8, 4) is 0 Å². The molecule has 1 aliphatic heterocycles. The van der Waals surface area contributed by atoms with Gasteiger partial charge in [0.25, 0.3) is 5.91 Å². The Balaban J connectivity index is 1.91. The maximum absolute atomic E-state index is 13.2. The summed E-state index contributed by atoms with van der Waals surface area (Å²) in [6, 6.07) is 5.75. The zero-order valence-electron chi connectivity index (χ0n) is 19.7. The first kappa shape index (κ1) is 25.2. The fourth-order valence-electron chi connectivity index (χ4n) is 3.97. The van der Waals surface area contributed by atoms with Crippen LogP contribution in [-0.2, 0) is 4.74 Å². The summed E-state index contributed by atoms with van der Waals surface area (Å²) in [4.78, 5) is 26.8. The molecule has 31 heavy (non-hydrogen) atoms. The highest BCUT2D eigenvalue weighted by Gasteiger charge is 2.28. The van der Waals surface area contributed by atoms with E-state index in [4.69, 9.17) is 4.74 Å². The fraction of sp³-hybridized carbons (Fsp3) is 0.680. The van der Waals surface area contributed by atoms with Gasteiger partial charge >= 0.3 is 6.09 Å². The Morgan fingerprint density at radius 2 is 1.74 bits per heavy atom. The first-order valence-corrected chi connectivity index (χ1v) is 11.6. The number of amides is 2. The maximum atomic E-state index is 13.2. The number of nitrogens with zero attached hydrogens (tertiary/aromatic N) is 1. The summed E-state index contributed by atoms with van der Waals surface area (Å²) >= 11 is 0. The molecule has 2 amide bonds. The van der Waals surface area contributed by atoms with Crippen LogP contribution < -0.4 is 5.32 Å². The van der Waals surface area contributed by atoms with Crippen LogP contribution in [0.5, 0.6) is 0 Å². The van der Waals surface area contributed by atoms with Crippen LogP contribution >= 0.6 is 0 Å². The van der Waals surface area contributed by atoms with Gasteiger partial charge in [-0.25, -0.2) is 9.18 Å². The summed E-state index contributed by atoms with van der Waals surface area (Å²) in [7, 11) is 0. The molecule has 0 bridgehead atoms. The zero-order chi connectivity index (χ0) is 23.0. The predicted molar refractivity (Wildman–Crippen MR) is 121 cm³/mol. The number of halogens is 1. The highest BCUT2D eigenvalue weighted by Crippen LogP contribution is 2.25. The molecule has 1 unspecified atom stereocenters. The minimum absolute atomic E-state index is 0.0781. The number of likely N-dealkylation sites (tertiary alicyclic amines) is 1. The number of ether oxygens (including phenoxy) is 1. The number of nitrogens with one attached hydrogen (secondary N) is 1. The lowest BCUT2D eigenvalue weighted by atomic mass is 9.88. The summed E-state index contributed by atoms with van der Waals surface area (Å²) < 4.78 is 18.7. The van der Waals surface area contributed by atoms with Gasteiger partial charge in [0.15, 0.2) is 0 Å². The van der Waals surface area contributed by atoms with E-state index in [1.165, 1.54) is 24.3 Å². The summed E-state index contributed by atoms with van der Waals surface area (Å²) in [6.45, 7) is 11.4. The summed E-state index contributed by atoms with van der Waals surface area (Å²) in [6.07, 6.45) is 5.58. The quantitative estimate of drug-likeness (QED) is 0.563. The normalized spacial score (nSPS) is 16.3. The van der Waals surface area contributed by atoms with Crippen molar-refractivity contribution in [1.82, 2.24) is 10.2 Å². The lowest BCUT2D eigenvalue weighted by Crippen LogP contribution is -2.43. The van der Waals surface area contributed by atoms with E-state index in [1.54, 1.807) is 4.90 Å². The number of piperidine rings is 1. The highest BCUT2D eigenvalue weighted by atomic mass is 19.1. The van der Waals surface area contributed by atoms with Gasteiger partial charge in [-0.05, 0) is 82.6 Å². The van der Waals surface area contributed by atoms with Crippen molar-refractivity contribution in [3.05, 3.63) is 35.6 Å². The van der Waals surface area contributed by atoms with E-state index >= 15 is 0 Å². The van der Waals surface area contributed by atoms with E-state index in [2.05, 4.69) is 19.2 Å². The Morgan fingerprint density at radius 3 is 2.29 bits per heavy atom. The van der Waals surface area contributed by atoms with E-state index < -0.39 is 5.60 Å². The van der Waals surface area contributed by atoms with Crippen LogP contribution in [0, 0.1) is 17.7 Å². The van der Waals surface area contributed by atoms with Crippen molar-refractivity contribution in [2.75, 3.05) is 13.1 Å². The number of hydrogen-bond donors (Lipinski definition) is 1. The van der Waals surface area contributed by atoms with Crippen LogP contribution in [0.2, 0.25) is 0 Å². The van der Waals surface area contributed by atoms with Crippen LogP contribution in [-0.4, -0.2) is 41.6 Å². The Kier molecular flexibility index (Phi) is 9.32. The van der Waals surface area contributed by atoms with E-state index in [9.17, 15) is 14.0 Å². The number of rotatable bonds is 8. The van der Waals surface area contributed by atoms with Crippen LogP contribution in [0.1, 0.15) is 83.5 Å². The summed E-state index contributed by atoms with van der Waals surface area (Å²) in [5, 5.41) is 3.17. The second kappa shape index (κ2) is 11.5. The Bertz CT molecular complexity index is 704. The second-order valence-electron chi connectivity index (χ2n) is 10.1. The zero-order valence-corrected chi connectivity index (χ0v) is 19.7. The van der Waals surface area contributed by atoms with Gasteiger partial charge in [0.2, 0.25) is 0 Å². The number of carbonyl (C=O) groups is 2. The summed E-state index contributed by atoms with van der Waals surface area (Å²) in [5.74, 6) is 0.587. The molecule has 1 saturated heterocycles. The highest BCUT2D eigenvalue weighted by molar-refractivity contribution is 5.94. The molecule has 0 radical (unpaired) electrons. The predicted octanol–water partition coefficient (Wildman–Crippen LogP) is 5.79. The maximum Gasteiger partial charge on any atom is 0.410 e. The smallest absolute Gasteiger partial charge is 0.410 e. The molecule has 1 atom stereocenters. The first-order chi connectivity index (χ1) is 14.5. The Hall–Kier alpha value is -2.11. The third-order valence-corrected chi connectivity index (χ3v) is 5.66. The fourth-order valence-corrected chi connectivity index (χ4v) is 3.97. The van der Waals surface area contributed by atoms with E-state index in [-0.39, 0.29) is 23.9 Å². The molecule has 1 heterocycles. The van der Waals surface area contributed by atoms with Gasteiger partial charge in [0.1, 0.15) is 11.4 Å². The monoisotopic (exact) mass is 434 g/mol. The molecule has 1 aromatic carbocycles. The van der Waals surface area contributed by atoms with Crippen molar-refractivity contribution in [2.24, 2.45) is 11.8 Å². The minimum atomic E-state index is -0.486. The molecule has 5 nitrogen and oxygen atoms in total. The molecule has 174 valence electrons. The molecule has 1 aliphatic rings. The first-order valence-electron chi connectivity index (χ1n) is 11.6. The third kappa shape index (κ3) is 9.28. The number of benzene rings is 1. The molecular weight excluding hydrogens is 395 g/mol. The van der Waals surface area contributed by atoms with E-state index in [0.29, 0.717) is 30.5 Å². The Labute approximate surface area is 186 Å². The number of hydrogen-bond acceptors (Lipinski definition) is 3. The molecule has 0 spiro atoms. The van der Waals surface area contributed by atoms with Crippen molar-refractivity contribution < 1.29 is 18.7 Å². The van der Waals surface area contributed by atoms with Gasteiger partial charge in [-0.3, -0.25) is 4.79 Å². The van der Waals surface area contributed by atoms with Crippen molar-refractivity contribution >= 4 is 12.0 Å². The molecule has 1 aromatic rings. The molecule has 0 aliphatic carbocycles. The molecule has 0 saturated carbocycles. The van der Waals surface area contributed by atoms with Gasteiger partial charge in [-0.2, -0.15) is 0 Å². The van der Waals surface area contributed by atoms with E-state index in [0.717, 1.165) is 38.5 Å². The van der Waals surface area contributed by atoms with Crippen LogP contribution in [0.3, 0.4) is 0 Å². The molecule has 6 heteroatoms. The minimum Gasteiger partial charge on any atom is -0.444 e. The van der Waals surface area contributed by atoms with Gasteiger partial charge in [0, 0.05) is 24.7 Å². The van der Waals surface area contributed by atoms with Crippen LogP contribution in [0.15, 0.2) is 24.3 Å². The third-order valence-electron chi connectivity index (χ3n) is 5.66. The topological polar surface area (TPSA) is 58.6 Å². The Morgan fingerprint density at radius 1 is 1.13 bits per heavy atom. The van der Waals surface area contributed by atoms with Crippen LogP contribution in [0.4, 0.5) is 9.18 Å². The molecule has 2 rings (SSSR count). The molecule has 0 aromatic heterocycles. The summed E-state index contributed by atoms with van der Waals surface area (Å²) in [5.41, 5.74) is -0.00455. The van der Waals surface area contributed by atoms with Gasteiger partial charge < -0.3 is 15.0 Å². The van der Waals surface area contributed by atoms with Gasteiger partial charge in [-0.1, -0.05) is 26.7 Å². The largest absolute Gasteiger partial charge is 0.444 e. The SMILES string of the molecule is CC(C)CCCC(CC1CCN(C(=O)OC(C)(C)C)CC1)NC(=O)c1ccc(F)cc1. The van der Waals surface area contributed by atoms with Gasteiger partial charge in [-0.15, -0.1) is 0 Å². The average molecular weight is 435 g/mol. The second-order valence-corrected chi connectivity index (χ2v) is 10.1. The standard InChI is InChI=1S/C25H39FN2O3/c1-18(2)7-6-8-22(27-23(29)20-9-11-21(26)12-10-20)17-19-13-15-28(16-14-19)24(30)31-25(3,4)5/h9-12,18-19,22H,6-8,13-17H2,1-5H3,(H,27,29).